The van der Waals surface area contributed by atoms with E-state index in [4.69, 9.17) is 4.84 Å². The predicted octanol–water partition coefficient (Wildman–Crippen LogP) is 4.40. The van der Waals surface area contributed by atoms with Gasteiger partial charge in [0.15, 0.2) is 0 Å². The molecule has 0 amide bonds. The molecule has 0 N–H and O–H groups in total. The smallest absolute Gasteiger partial charge is 0.0887 e. The fourth-order valence-electron chi connectivity index (χ4n) is 4.84. The number of hydroxylamine groups is 2. The first kappa shape index (κ1) is 15.1. The van der Waals surface area contributed by atoms with Crippen LogP contribution in [0.25, 0.3) is 0 Å². The number of nitrogens with zero attached hydrogens (tertiary/aromatic N) is 1. The van der Waals surface area contributed by atoms with Crippen molar-refractivity contribution in [1.82, 2.24) is 5.06 Å². The second kappa shape index (κ2) is 5.40. The SMILES string of the molecule is CCc1ccccc1[C@H]1C[C@@H]2[C@@H]([C@@H](C)C1)N(C)OC2(C)C. The highest BCUT2D eigenvalue weighted by atomic mass is 16.7. The lowest BCUT2D eigenvalue weighted by Gasteiger charge is -2.40. The zero-order valence-electron chi connectivity index (χ0n) is 14.1. The molecule has 0 unspecified atom stereocenters. The monoisotopic (exact) mass is 287 g/mol. The van der Waals surface area contributed by atoms with E-state index in [9.17, 15) is 0 Å². The summed E-state index contributed by atoms with van der Waals surface area (Å²) in [5, 5.41) is 2.14. The standard InChI is InChI=1S/C19H29NO/c1-6-14-9-7-8-10-16(14)15-11-13(2)18-17(12-15)19(3,4)21-20(18)5/h7-10,13,15,17-18H,6,11-12H2,1-5H3/t13-,15+,17+,18+/m0/s1. The fourth-order valence-corrected chi connectivity index (χ4v) is 4.84. The molecule has 2 nitrogen and oxygen atoms in total. The van der Waals surface area contributed by atoms with Crippen molar-refractivity contribution in [2.24, 2.45) is 11.8 Å². The maximum Gasteiger partial charge on any atom is 0.0887 e. The van der Waals surface area contributed by atoms with Crippen LogP contribution in [0.3, 0.4) is 0 Å². The zero-order valence-corrected chi connectivity index (χ0v) is 14.1. The molecule has 2 aliphatic rings. The number of rotatable bonds is 2. The maximum atomic E-state index is 6.14. The van der Waals surface area contributed by atoms with Gasteiger partial charge < -0.3 is 0 Å². The van der Waals surface area contributed by atoms with Gasteiger partial charge in [0.1, 0.15) is 0 Å². The van der Waals surface area contributed by atoms with E-state index in [1.165, 1.54) is 18.4 Å². The Morgan fingerprint density at radius 1 is 1.24 bits per heavy atom. The molecule has 0 spiro atoms. The second-order valence-corrected chi connectivity index (χ2v) is 7.54. The van der Waals surface area contributed by atoms with Crippen LogP contribution in [0.15, 0.2) is 24.3 Å². The Balaban J connectivity index is 1.91. The summed E-state index contributed by atoms with van der Waals surface area (Å²) in [6, 6.07) is 9.60. The minimum Gasteiger partial charge on any atom is -0.293 e. The third-order valence-corrected chi connectivity index (χ3v) is 5.76. The van der Waals surface area contributed by atoms with E-state index < -0.39 is 0 Å². The number of hydrogen-bond acceptors (Lipinski definition) is 2. The molecule has 1 saturated heterocycles. The molecule has 2 heteroatoms. The van der Waals surface area contributed by atoms with Crippen molar-refractivity contribution < 1.29 is 4.84 Å². The summed E-state index contributed by atoms with van der Waals surface area (Å²) in [6.07, 6.45) is 3.67. The van der Waals surface area contributed by atoms with Gasteiger partial charge in [-0.2, -0.15) is 5.06 Å². The minimum absolute atomic E-state index is 0.0342. The Morgan fingerprint density at radius 3 is 2.67 bits per heavy atom. The van der Waals surface area contributed by atoms with Gasteiger partial charge in [0.05, 0.1) is 5.60 Å². The van der Waals surface area contributed by atoms with Gasteiger partial charge in [-0.25, -0.2) is 0 Å². The predicted molar refractivity (Wildman–Crippen MR) is 87.2 cm³/mol. The molecule has 2 fully saturated rings. The first-order valence-electron chi connectivity index (χ1n) is 8.43. The molecule has 1 aliphatic carbocycles. The van der Waals surface area contributed by atoms with E-state index in [0.29, 0.717) is 23.8 Å². The van der Waals surface area contributed by atoms with Crippen LogP contribution in [-0.2, 0) is 11.3 Å². The summed E-state index contributed by atoms with van der Waals surface area (Å²) in [7, 11) is 2.11. The van der Waals surface area contributed by atoms with Crippen LogP contribution in [0.2, 0.25) is 0 Å². The van der Waals surface area contributed by atoms with Crippen LogP contribution in [0.5, 0.6) is 0 Å². The average Bonchev–Trinajstić information content (AvgIpc) is 2.68. The summed E-state index contributed by atoms with van der Waals surface area (Å²) < 4.78 is 0. The van der Waals surface area contributed by atoms with Crippen molar-refractivity contribution in [3.63, 3.8) is 0 Å². The van der Waals surface area contributed by atoms with Crippen LogP contribution in [0.4, 0.5) is 0 Å². The van der Waals surface area contributed by atoms with Crippen LogP contribution in [0, 0.1) is 11.8 Å². The normalized spacial score (nSPS) is 35.7. The third-order valence-electron chi connectivity index (χ3n) is 5.76. The molecule has 1 saturated carbocycles. The zero-order chi connectivity index (χ0) is 15.2. The number of benzene rings is 1. The van der Waals surface area contributed by atoms with Gasteiger partial charge in [-0.05, 0) is 56.1 Å². The van der Waals surface area contributed by atoms with Gasteiger partial charge in [0.2, 0.25) is 0 Å². The topological polar surface area (TPSA) is 12.5 Å². The first-order chi connectivity index (χ1) is 9.94. The molecular formula is C19H29NO. The second-order valence-electron chi connectivity index (χ2n) is 7.54. The molecule has 0 aromatic heterocycles. The molecule has 4 atom stereocenters. The highest BCUT2D eigenvalue weighted by Gasteiger charge is 2.52. The van der Waals surface area contributed by atoms with Gasteiger partial charge in [0.25, 0.3) is 0 Å². The Bertz CT molecular complexity index is 510. The molecule has 3 rings (SSSR count). The van der Waals surface area contributed by atoms with Gasteiger partial charge in [-0.1, -0.05) is 38.1 Å². The molecule has 0 radical (unpaired) electrons. The molecule has 1 aromatic rings. The molecule has 116 valence electrons. The molecular weight excluding hydrogens is 258 g/mol. The van der Waals surface area contributed by atoms with E-state index >= 15 is 0 Å². The largest absolute Gasteiger partial charge is 0.293 e. The first-order valence-corrected chi connectivity index (χ1v) is 8.43. The van der Waals surface area contributed by atoms with E-state index in [-0.39, 0.29) is 5.60 Å². The molecule has 1 aromatic carbocycles. The Labute approximate surface area is 129 Å². The van der Waals surface area contributed by atoms with Gasteiger partial charge in [-0.3, -0.25) is 4.84 Å². The van der Waals surface area contributed by atoms with E-state index in [0.717, 1.165) is 6.42 Å². The fraction of sp³-hybridized carbons (Fsp3) is 0.684. The lowest BCUT2D eigenvalue weighted by molar-refractivity contribution is -0.182. The molecule has 1 aliphatic heterocycles. The van der Waals surface area contributed by atoms with Crippen molar-refractivity contribution in [3.05, 3.63) is 35.4 Å². The summed E-state index contributed by atoms with van der Waals surface area (Å²) >= 11 is 0. The van der Waals surface area contributed by atoms with Crippen molar-refractivity contribution >= 4 is 0 Å². The highest BCUT2D eigenvalue weighted by molar-refractivity contribution is 5.31. The van der Waals surface area contributed by atoms with Crippen molar-refractivity contribution in [1.29, 1.82) is 0 Å². The molecule has 1 heterocycles. The summed E-state index contributed by atoms with van der Waals surface area (Å²) in [4.78, 5) is 6.14. The number of fused-ring (bicyclic) bond motifs is 1. The van der Waals surface area contributed by atoms with E-state index in [1.807, 2.05) is 0 Å². The quantitative estimate of drug-likeness (QED) is 0.799. The Hall–Kier alpha value is -0.860. The van der Waals surface area contributed by atoms with E-state index in [1.54, 1.807) is 5.56 Å². The van der Waals surface area contributed by atoms with E-state index in [2.05, 4.69) is 64.1 Å². The number of aryl methyl sites for hydroxylation is 1. The lowest BCUT2D eigenvalue weighted by atomic mass is 9.65. The third kappa shape index (κ3) is 2.53. The Morgan fingerprint density at radius 2 is 1.95 bits per heavy atom. The molecule has 21 heavy (non-hydrogen) atoms. The summed E-state index contributed by atoms with van der Waals surface area (Å²) in [5.41, 5.74) is 3.07. The van der Waals surface area contributed by atoms with Gasteiger partial charge in [-0.15, -0.1) is 0 Å². The van der Waals surface area contributed by atoms with Gasteiger partial charge in [0, 0.05) is 19.0 Å². The molecule has 0 bridgehead atoms. The average molecular weight is 287 g/mol. The maximum absolute atomic E-state index is 6.14. The summed E-state index contributed by atoms with van der Waals surface area (Å²) in [6.45, 7) is 9.19. The lowest BCUT2D eigenvalue weighted by Crippen LogP contribution is -2.43. The summed E-state index contributed by atoms with van der Waals surface area (Å²) in [5.74, 6) is 2.00. The van der Waals surface area contributed by atoms with Gasteiger partial charge >= 0.3 is 0 Å². The van der Waals surface area contributed by atoms with Crippen LogP contribution in [0.1, 0.15) is 57.6 Å². The highest BCUT2D eigenvalue weighted by Crippen LogP contribution is 2.50. The van der Waals surface area contributed by atoms with Crippen LogP contribution >= 0.6 is 0 Å². The van der Waals surface area contributed by atoms with Crippen LogP contribution < -0.4 is 0 Å². The number of hydrogen-bond donors (Lipinski definition) is 0. The Kier molecular flexibility index (Phi) is 3.87. The van der Waals surface area contributed by atoms with Crippen molar-refractivity contribution in [2.75, 3.05) is 7.05 Å². The minimum atomic E-state index is -0.0342. The van der Waals surface area contributed by atoms with Crippen LogP contribution in [-0.4, -0.2) is 23.8 Å². The van der Waals surface area contributed by atoms with Crippen molar-refractivity contribution in [3.8, 4) is 0 Å². The van der Waals surface area contributed by atoms with Crippen molar-refractivity contribution in [2.45, 2.75) is 64.5 Å².